The molecular weight excluding hydrogens is 326 g/mol. The van der Waals surface area contributed by atoms with E-state index in [9.17, 15) is 4.79 Å². The molecule has 0 saturated heterocycles. The number of hydrogen-bond acceptors (Lipinski definition) is 4. The van der Waals surface area contributed by atoms with E-state index in [2.05, 4.69) is 15.3 Å². The third-order valence-electron chi connectivity index (χ3n) is 4.11. The van der Waals surface area contributed by atoms with Gasteiger partial charge in [0.05, 0.1) is 0 Å². The highest BCUT2D eigenvalue weighted by Crippen LogP contribution is 2.24. The summed E-state index contributed by atoms with van der Waals surface area (Å²) in [5.41, 5.74) is 4.77. The summed E-state index contributed by atoms with van der Waals surface area (Å²) in [5.74, 6) is 0. The van der Waals surface area contributed by atoms with Gasteiger partial charge in [-0.3, -0.25) is 4.79 Å². The van der Waals surface area contributed by atoms with Crippen molar-refractivity contribution in [3.05, 3.63) is 69.3 Å². The first-order valence-electron chi connectivity index (χ1n) is 7.50. The Morgan fingerprint density at radius 2 is 2.12 bits per heavy atom. The van der Waals surface area contributed by atoms with Gasteiger partial charge in [-0.25, -0.2) is 4.98 Å². The molecule has 0 radical (unpaired) electrons. The fraction of sp³-hybridized carbons (Fsp3) is 0.111. The van der Waals surface area contributed by atoms with E-state index in [4.69, 9.17) is 16.0 Å². The minimum absolute atomic E-state index is 0.113. The van der Waals surface area contributed by atoms with Crippen LogP contribution in [0.3, 0.4) is 0 Å². The Labute approximate surface area is 142 Å². The normalized spacial score (nSPS) is 11.2. The van der Waals surface area contributed by atoms with Gasteiger partial charge in [0.2, 0.25) is 0 Å². The van der Waals surface area contributed by atoms with Crippen molar-refractivity contribution >= 4 is 39.3 Å². The Kier molecular flexibility index (Phi) is 3.50. The highest BCUT2D eigenvalue weighted by atomic mass is 35.5. The molecule has 0 aliphatic carbocycles. The van der Waals surface area contributed by atoms with Gasteiger partial charge in [0.15, 0.2) is 12.0 Å². The van der Waals surface area contributed by atoms with Crippen molar-refractivity contribution in [1.29, 1.82) is 0 Å². The zero-order valence-electron chi connectivity index (χ0n) is 12.9. The molecular formula is C18H14ClN3O2. The van der Waals surface area contributed by atoms with Crippen LogP contribution in [0.25, 0.3) is 22.0 Å². The van der Waals surface area contributed by atoms with Crippen molar-refractivity contribution in [2.45, 2.75) is 13.5 Å². The zero-order chi connectivity index (χ0) is 16.7. The molecule has 2 N–H and O–H groups in total. The number of aromatic nitrogens is 2. The first kappa shape index (κ1) is 14.8. The predicted molar refractivity (Wildman–Crippen MR) is 95.7 cm³/mol. The SMILES string of the molecule is Cc1c(NCc2cc3cc(Cl)ccc3[nH]c2=O)ccc2ocnc12. The highest BCUT2D eigenvalue weighted by Gasteiger charge is 2.08. The summed E-state index contributed by atoms with van der Waals surface area (Å²) in [4.78, 5) is 19.3. The average molecular weight is 340 g/mol. The summed E-state index contributed by atoms with van der Waals surface area (Å²) in [6, 6.07) is 11.0. The minimum atomic E-state index is -0.113. The van der Waals surface area contributed by atoms with Crippen molar-refractivity contribution in [1.82, 2.24) is 9.97 Å². The van der Waals surface area contributed by atoms with Crippen molar-refractivity contribution in [3.63, 3.8) is 0 Å². The second-order valence-corrected chi connectivity index (χ2v) is 6.08. The molecule has 0 fully saturated rings. The molecule has 4 rings (SSSR count). The number of oxazole rings is 1. The number of rotatable bonds is 3. The quantitative estimate of drug-likeness (QED) is 0.585. The van der Waals surface area contributed by atoms with Gasteiger partial charge in [0, 0.05) is 39.3 Å². The smallest absolute Gasteiger partial charge is 0.253 e. The largest absolute Gasteiger partial charge is 0.443 e. The van der Waals surface area contributed by atoms with E-state index in [1.54, 1.807) is 12.1 Å². The van der Waals surface area contributed by atoms with E-state index in [0.717, 1.165) is 33.3 Å². The van der Waals surface area contributed by atoms with Crippen LogP contribution >= 0.6 is 11.6 Å². The standard InChI is InChI=1S/C18H14ClN3O2/c1-10-14(4-5-16-17(10)21-9-24-16)20-8-12-6-11-7-13(19)2-3-15(11)22-18(12)23/h2-7,9,20H,8H2,1H3,(H,22,23). The summed E-state index contributed by atoms with van der Waals surface area (Å²) in [6.45, 7) is 2.37. The molecule has 24 heavy (non-hydrogen) atoms. The van der Waals surface area contributed by atoms with E-state index in [1.165, 1.54) is 6.39 Å². The fourth-order valence-corrected chi connectivity index (χ4v) is 2.98. The second-order valence-electron chi connectivity index (χ2n) is 5.65. The van der Waals surface area contributed by atoms with E-state index in [1.807, 2.05) is 31.2 Å². The van der Waals surface area contributed by atoms with Crippen molar-refractivity contribution < 1.29 is 4.42 Å². The summed E-state index contributed by atoms with van der Waals surface area (Å²) in [7, 11) is 0. The van der Waals surface area contributed by atoms with Crippen molar-refractivity contribution in [2.75, 3.05) is 5.32 Å². The number of halogens is 1. The topological polar surface area (TPSA) is 70.9 Å². The van der Waals surface area contributed by atoms with Gasteiger partial charge in [-0.15, -0.1) is 0 Å². The molecule has 2 aromatic heterocycles. The van der Waals surface area contributed by atoms with E-state index < -0.39 is 0 Å². The molecule has 0 unspecified atom stereocenters. The molecule has 5 nitrogen and oxygen atoms in total. The maximum Gasteiger partial charge on any atom is 0.253 e. The lowest BCUT2D eigenvalue weighted by Gasteiger charge is -2.10. The van der Waals surface area contributed by atoms with Gasteiger partial charge in [0.1, 0.15) is 5.52 Å². The maximum atomic E-state index is 12.2. The van der Waals surface area contributed by atoms with Gasteiger partial charge >= 0.3 is 0 Å². The molecule has 0 saturated carbocycles. The average Bonchev–Trinajstić information content (AvgIpc) is 3.04. The fourth-order valence-electron chi connectivity index (χ4n) is 2.80. The van der Waals surface area contributed by atoms with Crippen LogP contribution in [0.2, 0.25) is 5.02 Å². The molecule has 2 aromatic carbocycles. The number of nitrogens with zero attached hydrogens (tertiary/aromatic N) is 1. The molecule has 0 aliphatic heterocycles. The Balaban J connectivity index is 1.67. The number of aryl methyl sites for hydroxylation is 1. The predicted octanol–water partition coefficient (Wildman–Crippen LogP) is 4.24. The molecule has 2 heterocycles. The Hall–Kier alpha value is -2.79. The Morgan fingerprint density at radius 3 is 3.00 bits per heavy atom. The molecule has 6 heteroatoms. The van der Waals surface area contributed by atoms with Crippen LogP contribution in [-0.2, 0) is 6.54 Å². The van der Waals surface area contributed by atoms with Crippen LogP contribution in [0.5, 0.6) is 0 Å². The lowest BCUT2D eigenvalue weighted by molar-refractivity contribution is 0.602. The Morgan fingerprint density at radius 1 is 1.25 bits per heavy atom. The Bertz CT molecular complexity index is 1110. The molecule has 0 bridgehead atoms. The molecule has 0 amide bonds. The zero-order valence-corrected chi connectivity index (χ0v) is 13.6. The summed E-state index contributed by atoms with van der Waals surface area (Å²) in [5, 5.41) is 4.84. The molecule has 0 spiro atoms. The van der Waals surface area contributed by atoms with E-state index in [-0.39, 0.29) is 5.56 Å². The first-order chi connectivity index (χ1) is 11.6. The number of pyridine rings is 1. The minimum Gasteiger partial charge on any atom is -0.443 e. The maximum absolute atomic E-state index is 12.2. The molecule has 4 aromatic rings. The van der Waals surface area contributed by atoms with E-state index >= 15 is 0 Å². The number of H-pyrrole nitrogens is 1. The molecule has 0 aliphatic rings. The van der Waals surface area contributed by atoms with Gasteiger partial charge < -0.3 is 14.7 Å². The first-order valence-corrected chi connectivity index (χ1v) is 7.88. The molecule has 120 valence electrons. The van der Waals surface area contributed by atoms with Crippen LogP contribution < -0.4 is 10.9 Å². The van der Waals surface area contributed by atoms with Crippen LogP contribution in [0.4, 0.5) is 5.69 Å². The summed E-state index contributed by atoms with van der Waals surface area (Å²) < 4.78 is 5.29. The summed E-state index contributed by atoms with van der Waals surface area (Å²) >= 11 is 6.03. The summed E-state index contributed by atoms with van der Waals surface area (Å²) in [6.07, 6.45) is 1.43. The lowest BCUT2D eigenvalue weighted by Crippen LogP contribution is -2.15. The van der Waals surface area contributed by atoms with Gasteiger partial charge in [-0.05, 0) is 43.3 Å². The van der Waals surface area contributed by atoms with Crippen molar-refractivity contribution in [3.8, 4) is 0 Å². The van der Waals surface area contributed by atoms with Crippen LogP contribution in [-0.4, -0.2) is 9.97 Å². The monoisotopic (exact) mass is 339 g/mol. The van der Waals surface area contributed by atoms with Crippen LogP contribution in [0.15, 0.2) is 52.0 Å². The number of nitrogens with one attached hydrogen (secondary N) is 2. The second kappa shape index (κ2) is 5.69. The van der Waals surface area contributed by atoms with Crippen LogP contribution in [0, 0.1) is 6.92 Å². The van der Waals surface area contributed by atoms with Crippen LogP contribution in [0.1, 0.15) is 11.1 Å². The van der Waals surface area contributed by atoms with Gasteiger partial charge in [0.25, 0.3) is 5.56 Å². The number of anilines is 1. The number of aromatic amines is 1. The lowest BCUT2D eigenvalue weighted by atomic mass is 10.1. The number of fused-ring (bicyclic) bond motifs is 2. The highest BCUT2D eigenvalue weighted by molar-refractivity contribution is 6.31. The molecule has 0 atom stereocenters. The van der Waals surface area contributed by atoms with Gasteiger partial charge in [-0.2, -0.15) is 0 Å². The van der Waals surface area contributed by atoms with Crippen molar-refractivity contribution in [2.24, 2.45) is 0 Å². The number of hydrogen-bond donors (Lipinski definition) is 2. The third kappa shape index (κ3) is 2.53. The number of benzene rings is 2. The van der Waals surface area contributed by atoms with E-state index in [0.29, 0.717) is 17.1 Å². The third-order valence-corrected chi connectivity index (χ3v) is 4.34. The van der Waals surface area contributed by atoms with Gasteiger partial charge in [-0.1, -0.05) is 11.6 Å².